The Bertz CT molecular complexity index is 298. The number of nitrogens with one attached hydrogen (secondary N) is 1. The number of piperazine rings is 1. The Morgan fingerprint density at radius 2 is 1.76 bits per heavy atom. The van der Waals surface area contributed by atoms with Gasteiger partial charge in [0.15, 0.2) is 0 Å². The molecule has 0 amide bonds. The molecule has 1 saturated heterocycles. The van der Waals surface area contributed by atoms with Crippen molar-refractivity contribution in [2.45, 2.75) is 90.6 Å². The van der Waals surface area contributed by atoms with Crippen LogP contribution in [0.3, 0.4) is 0 Å². The molecule has 1 aliphatic heterocycles. The lowest BCUT2D eigenvalue weighted by Crippen LogP contribution is -2.65. The maximum Gasteiger partial charge on any atom is 0.0309 e. The molecule has 1 heterocycles. The van der Waals surface area contributed by atoms with Gasteiger partial charge in [-0.25, -0.2) is 0 Å². The minimum Gasteiger partial charge on any atom is -0.308 e. The smallest absolute Gasteiger partial charge is 0.0309 e. The van der Waals surface area contributed by atoms with E-state index in [-0.39, 0.29) is 0 Å². The molecular weight excluding hydrogens is 256 g/mol. The van der Waals surface area contributed by atoms with Crippen molar-refractivity contribution < 1.29 is 0 Å². The molecule has 0 aromatic carbocycles. The second-order valence-electron chi connectivity index (χ2n) is 8.12. The standard InChI is InChI=1S/C19H38N2/c1-5-6-7-8-9-10-13-21-15-19(4,17-11-12-17)20-14-18(21)16(2)3/h16-18,20H,5-15H2,1-4H3. The first kappa shape index (κ1) is 17.3. The van der Waals surface area contributed by atoms with Gasteiger partial charge in [0, 0.05) is 24.7 Å². The molecule has 1 saturated carbocycles. The number of rotatable bonds is 9. The Morgan fingerprint density at radius 3 is 2.38 bits per heavy atom. The highest BCUT2D eigenvalue weighted by atomic mass is 15.3. The van der Waals surface area contributed by atoms with Gasteiger partial charge in [-0.2, -0.15) is 0 Å². The number of hydrogen-bond donors (Lipinski definition) is 1. The topological polar surface area (TPSA) is 15.3 Å². The molecule has 2 nitrogen and oxygen atoms in total. The molecule has 0 radical (unpaired) electrons. The summed E-state index contributed by atoms with van der Waals surface area (Å²) in [5.41, 5.74) is 0.396. The van der Waals surface area contributed by atoms with E-state index in [1.807, 2.05) is 0 Å². The molecule has 2 aliphatic rings. The second-order valence-corrected chi connectivity index (χ2v) is 8.12. The van der Waals surface area contributed by atoms with Gasteiger partial charge in [-0.05, 0) is 44.6 Å². The summed E-state index contributed by atoms with van der Waals surface area (Å²) in [4.78, 5) is 2.82. The summed E-state index contributed by atoms with van der Waals surface area (Å²) in [5.74, 6) is 1.71. The largest absolute Gasteiger partial charge is 0.308 e. The van der Waals surface area contributed by atoms with E-state index in [9.17, 15) is 0 Å². The van der Waals surface area contributed by atoms with Crippen LogP contribution in [0.25, 0.3) is 0 Å². The molecule has 0 spiro atoms. The third kappa shape index (κ3) is 4.96. The highest BCUT2D eigenvalue weighted by Crippen LogP contribution is 2.41. The molecule has 2 unspecified atom stereocenters. The van der Waals surface area contributed by atoms with E-state index >= 15 is 0 Å². The van der Waals surface area contributed by atoms with Crippen LogP contribution in [-0.4, -0.2) is 36.1 Å². The number of unbranched alkanes of at least 4 members (excludes halogenated alkanes) is 5. The zero-order valence-corrected chi connectivity index (χ0v) is 15.0. The molecule has 2 heteroatoms. The fourth-order valence-electron chi connectivity index (χ4n) is 4.05. The van der Waals surface area contributed by atoms with E-state index in [0.717, 1.165) is 17.9 Å². The van der Waals surface area contributed by atoms with E-state index in [1.54, 1.807) is 0 Å². The van der Waals surface area contributed by atoms with Crippen LogP contribution < -0.4 is 5.32 Å². The minimum atomic E-state index is 0.396. The molecule has 2 rings (SSSR count). The quantitative estimate of drug-likeness (QED) is 0.632. The summed E-state index contributed by atoms with van der Waals surface area (Å²) in [5, 5.41) is 3.90. The Labute approximate surface area is 133 Å². The SMILES string of the molecule is CCCCCCCCN1CC(C)(C2CC2)NCC1C(C)C. The molecule has 21 heavy (non-hydrogen) atoms. The number of hydrogen-bond acceptors (Lipinski definition) is 2. The van der Waals surface area contributed by atoms with Gasteiger partial charge in [0.25, 0.3) is 0 Å². The maximum atomic E-state index is 3.90. The van der Waals surface area contributed by atoms with Gasteiger partial charge in [0.2, 0.25) is 0 Å². The van der Waals surface area contributed by atoms with Gasteiger partial charge in [-0.15, -0.1) is 0 Å². The molecule has 0 aromatic rings. The van der Waals surface area contributed by atoms with Gasteiger partial charge < -0.3 is 5.32 Å². The molecule has 0 bridgehead atoms. The fraction of sp³-hybridized carbons (Fsp3) is 1.00. The number of nitrogens with zero attached hydrogens (tertiary/aromatic N) is 1. The van der Waals surface area contributed by atoms with Crippen molar-refractivity contribution in [3.05, 3.63) is 0 Å². The molecule has 124 valence electrons. The van der Waals surface area contributed by atoms with Gasteiger partial charge in [0.05, 0.1) is 0 Å². The van der Waals surface area contributed by atoms with E-state index in [1.165, 1.54) is 71.0 Å². The predicted molar refractivity (Wildman–Crippen MR) is 92.7 cm³/mol. The molecule has 2 atom stereocenters. The molecule has 1 N–H and O–H groups in total. The Kier molecular flexibility index (Phi) is 6.55. The first-order valence-corrected chi connectivity index (χ1v) is 9.56. The third-order valence-corrected chi connectivity index (χ3v) is 5.76. The zero-order chi connectivity index (χ0) is 15.3. The summed E-state index contributed by atoms with van der Waals surface area (Å²) < 4.78 is 0. The Balaban J connectivity index is 1.77. The summed E-state index contributed by atoms with van der Waals surface area (Å²) in [7, 11) is 0. The highest BCUT2D eigenvalue weighted by molar-refractivity contribution is 5.04. The van der Waals surface area contributed by atoms with Crippen molar-refractivity contribution in [2.24, 2.45) is 11.8 Å². The molecule has 2 fully saturated rings. The van der Waals surface area contributed by atoms with Crippen LogP contribution in [0.4, 0.5) is 0 Å². The lowest BCUT2D eigenvalue weighted by atomic mass is 9.88. The maximum absolute atomic E-state index is 3.90. The van der Waals surface area contributed by atoms with Crippen molar-refractivity contribution in [1.29, 1.82) is 0 Å². The lowest BCUT2D eigenvalue weighted by Gasteiger charge is -2.48. The first-order valence-electron chi connectivity index (χ1n) is 9.56. The van der Waals surface area contributed by atoms with E-state index in [0.29, 0.717) is 5.54 Å². The van der Waals surface area contributed by atoms with Gasteiger partial charge in [-0.3, -0.25) is 4.90 Å². The summed E-state index contributed by atoms with van der Waals surface area (Å²) in [6.45, 7) is 13.3. The minimum absolute atomic E-state index is 0.396. The monoisotopic (exact) mass is 294 g/mol. The normalized spacial score (nSPS) is 31.0. The molecule has 0 aromatic heterocycles. The molecular formula is C19H38N2. The van der Waals surface area contributed by atoms with E-state index in [2.05, 4.69) is 37.9 Å². The zero-order valence-electron chi connectivity index (χ0n) is 15.0. The molecule has 1 aliphatic carbocycles. The summed E-state index contributed by atoms with van der Waals surface area (Å²) in [6, 6.07) is 0.743. The average molecular weight is 295 g/mol. The summed E-state index contributed by atoms with van der Waals surface area (Å²) >= 11 is 0. The van der Waals surface area contributed by atoms with Gasteiger partial charge in [0.1, 0.15) is 0 Å². The van der Waals surface area contributed by atoms with Crippen LogP contribution in [-0.2, 0) is 0 Å². The van der Waals surface area contributed by atoms with Crippen molar-refractivity contribution in [3.63, 3.8) is 0 Å². The van der Waals surface area contributed by atoms with Crippen molar-refractivity contribution in [3.8, 4) is 0 Å². The van der Waals surface area contributed by atoms with Crippen LogP contribution in [0.5, 0.6) is 0 Å². The van der Waals surface area contributed by atoms with Crippen LogP contribution in [0.2, 0.25) is 0 Å². The second kappa shape index (κ2) is 7.97. The van der Waals surface area contributed by atoms with Crippen molar-refractivity contribution in [1.82, 2.24) is 10.2 Å². The van der Waals surface area contributed by atoms with Crippen LogP contribution in [0, 0.1) is 11.8 Å². The van der Waals surface area contributed by atoms with Crippen LogP contribution in [0.15, 0.2) is 0 Å². The lowest BCUT2D eigenvalue weighted by molar-refractivity contribution is 0.0510. The van der Waals surface area contributed by atoms with Crippen LogP contribution >= 0.6 is 0 Å². The fourth-order valence-corrected chi connectivity index (χ4v) is 4.05. The Morgan fingerprint density at radius 1 is 1.10 bits per heavy atom. The Hall–Kier alpha value is -0.0800. The van der Waals surface area contributed by atoms with Crippen molar-refractivity contribution in [2.75, 3.05) is 19.6 Å². The third-order valence-electron chi connectivity index (χ3n) is 5.76. The van der Waals surface area contributed by atoms with E-state index < -0.39 is 0 Å². The first-order chi connectivity index (χ1) is 10.1. The highest BCUT2D eigenvalue weighted by Gasteiger charge is 2.46. The predicted octanol–water partition coefficient (Wildman–Crippen LogP) is 4.45. The average Bonchev–Trinajstić information content (AvgIpc) is 3.27. The van der Waals surface area contributed by atoms with Gasteiger partial charge in [-0.1, -0.05) is 52.9 Å². The van der Waals surface area contributed by atoms with Gasteiger partial charge >= 0.3 is 0 Å². The summed E-state index contributed by atoms with van der Waals surface area (Å²) in [6.07, 6.45) is 11.4. The van der Waals surface area contributed by atoms with Crippen LogP contribution in [0.1, 0.15) is 79.1 Å². The van der Waals surface area contributed by atoms with E-state index in [4.69, 9.17) is 0 Å². The van der Waals surface area contributed by atoms with Crippen molar-refractivity contribution >= 4 is 0 Å².